The van der Waals surface area contributed by atoms with Gasteiger partial charge < -0.3 is 10.1 Å². The topological polar surface area (TPSA) is 70.8 Å². The number of hydrogen-bond donors (Lipinski definition) is 1. The molecule has 0 unspecified atom stereocenters. The van der Waals surface area contributed by atoms with E-state index in [0.717, 1.165) is 6.54 Å². The predicted octanol–water partition coefficient (Wildman–Crippen LogP) is 0.725. The minimum atomic E-state index is 0.294. The van der Waals surface area contributed by atoms with Crippen LogP contribution in [-0.4, -0.2) is 29.2 Å². The summed E-state index contributed by atoms with van der Waals surface area (Å²) in [6.07, 6.45) is 2.85. The average molecular weight is 206 g/mol. The molecule has 80 valence electrons. The molecule has 0 aliphatic rings. The molecule has 0 saturated carbocycles. The third-order valence-electron chi connectivity index (χ3n) is 1.65. The number of nitrogens with one attached hydrogen (secondary N) is 1. The highest BCUT2D eigenvalue weighted by atomic mass is 16.5. The van der Waals surface area contributed by atoms with Crippen molar-refractivity contribution in [2.45, 2.75) is 19.9 Å². The molecule has 0 radical (unpaired) electrons. The van der Waals surface area contributed by atoms with Crippen LogP contribution in [0.1, 0.15) is 19.5 Å². The van der Waals surface area contributed by atoms with Gasteiger partial charge in [0.05, 0.1) is 12.4 Å². The molecule has 0 aliphatic carbocycles. The second-order valence-electron chi connectivity index (χ2n) is 3.31. The van der Waals surface area contributed by atoms with Gasteiger partial charge in [0.2, 0.25) is 5.88 Å². The van der Waals surface area contributed by atoms with Gasteiger partial charge in [-0.25, -0.2) is 9.97 Å². The maximum absolute atomic E-state index is 8.50. The van der Waals surface area contributed by atoms with Gasteiger partial charge in [-0.1, -0.05) is 13.8 Å². The summed E-state index contributed by atoms with van der Waals surface area (Å²) in [7, 11) is 0. The Labute approximate surface area is 89.1 Å². The number of aromatic nitrogens is 2. The monoisotopic (exact) mass is 206 g/mol. The molecule has 1 aromatic rings. The van der Waals surface area contributed by atoms with Crippen LogP contribution in [0.2, 0.25) is 0 Å². The second kappa shape index (κ2) is 5.94. The van der Waals surface area contributed by atoms with Crippen molar-refractivity contribution in [2.75, 3.05) is 13.2 Å². The minimum Gasteiger partial charge on any atom is -0.475 e. The van der Waals surface area contributed by atoms with Crippen molar-refractivity contribution in [3.63, 3.8) is 0 Å². The fourth-order valence-electron chi connectivity index (χ4n) is 0.952. The molecule has 15 heavy (non-hydrogen) atoms. The SMILES string of the molecule is CC(C)NCCOc1cnc(C#N)cn1. The maximum atomic E-state index is 8.50. The lowest BCUT2D eigenvalue weighted by atomic mass is 10.4. The van der Waals surface area contributed by atoms with E-state index < -0.39 is 0 Å². The average Bonchev–Trinajstić information content (AvgIpc) is 2.25. The second-order valence-corrected chi connectivity index (χ2v) is 3.31. The van der Waals surface area contributed by atoms with E-state index in [2.05, 4.69) is 29.1 Å². The number of rotatable bonds is 5. The van der Waals surface area contributed by atoms with Crippen molar-refractivity contribution in [1.29, 1.82) is 5.26 Å². The van der Waals surface area contributed by atoms with Crippen LogP contribution in [0.3, 0.4) is 0 Å². The molecule has 0 bridgehead atoms. The van der Waals surface area contributed by atoms with Crippen LogP contribution >= 0.6 is 0 Å². The van der Waals surface area contributed by atoms with Crippen molar-refractivity contribution in [3.05, 3.63) is 18.1 Å². The van der Waals surface area contributed by atoms with Crippen molar-refractivity contribution in [1.82, 2.24) is 15.3 Å². The zero-order chi connectivity index (χ0) is 11.1. The van der Waals surface area contributed by atoms with Gasteiger partial charge >= 0.3 is 0 Å². The molecule has 0 fully saturated rings. The molecule has 1 aromatic heterocycles. The molecular formula is C10H14N4O. The van der Waals surface area contributed by atoms with Gasteiger partial charge in [-0.15, -0.1) is 0 Å². The predicted molar refractivity (Wildman–Crippen MR) is 55.4 cm³/mol. The van der Waals surface area contributed by atoms with Crippen LogP contribution < -0.4 is 10.1 Å². The van der Waals surface area contributed by atoms with Crippen LogP contribution in [0, 0.1) is 11.3 Å². The van der Waals surface area contributed by atoms with E-state index in [4.69, 9.17) is 10.00 Å². The summed E-state index contributed by atoms with van der Waals surface area (Å²) in [6.45, 7) is 5.45. The third kappa shape index (κ3) is 4.38. The van der Waals surface area contributed by atoms with Crippen molar-refractivity contribution in [3.8, 4) is 11.9 Å². The maximum Gasteiger partial charge on any atom is 0.232 e. The number of nitriles is 1. The van der Waals surface area contributed by atoms with E-state index in [0.29, 0.717) is 24.2 Å². The Bertz CT molecular complexity index is 328. The first kappa shape index (κ1) is 11.4. The van der Waals surface area contributed by atoms with E-state index >= 15 is 0 Å². The molecule has 0 aliphatic heterocycles. The lowest BCUT2D eigenvalue weighted by Gasteiger charge is -2.08. The number of nitrogens with zero attached hydrogens (tertiary/aromatic N) is 3. The quantitative estimate of drug-likeness (QED) is 0.719. The van der Waals surface area contributed by atoms with Crippen LogP contribution in [0.5, 0.6) is 5.88 Å². The van der Waals surface area contributed by atoms with Gasteiger partial charge in [-0.2, -0.15) is 5.26 Å². The Morgan fingerprint density at radius 1 is 1.47 bits per heavy atom. The normalized spacial score (nSPS) is 10.0. The van der Waals surface area contributed by atoms with Crippen LogP contribution in [-0.2, 0) is 0 Å². The van der Waals surface area contributed by atoms with Gasteiger partial charge in [0, 0.05) is 12.6 Å². The highest BCUT2D eigenvalue weighted by Gasteiger charge is 1.97. The first-order valence-electron chi connectivity index (χ1n) is 4.80. The molecule has 0 atom stereocenters. The van der Waals surface area contributed by atoms with Crippen molar-refractivity contribution in [2.24, 2.45) is 0 Å². The Kier molecular flexibility index (Phi) is 4.51. The smallest absolute Gasteiger partial charge is 0.232 e. The van der Waals surface area contributed by atoms with Gasteiger partial charge in [0.15, 0.2) is 5.69 Å². The molecule has 0 aromatic carbocycles. The first-order valence-corrected chi connectivity index (χ1v) is 4.80. The standard InChI is InChI=1S/C10H14N4O/c1-8(2)12-3-4-15-10-7-13-9(5-11)6-14-10/h6-8,12H,3-4H2,1-2H3. The highest BCUT2D eigenvalue weighted by molar-refractivity contribution is 5.18. The van der Waals surface area contributed by atoms with Gasteiger partial charge in [-0.05, 0) is 0 Å². The Morgan fingerprint density at radius 2 is 2.27 bits per heavy atom. The zero-order valence-corrected chi connectivity index (χ0v) is 8.90. The lowest BCUT2D eigenvalue weighted by Crippen LogP contribution is -2.27. The molecule has 1 N–H and O–H groups in total. The molecular weight excluding hydrogens is 192 g/mol. The molecule has 5 nitrogen and oxygen atoms in total. The van der Waals surface area contributed by atoms with E-state index in [1.807, 2.05) is 6.07 Å². The third-order valence-corrected chi connectivity index (χ3v) is 1.65. The van der Waals surface area contributed by atoms with Crippen LogP contribution in [0.4, 0.5) is 0 Å². The summed E-state index contributed by atoms with van der Waals surface area (Å²) in [5, 5.41) is 11.7. The number of hydrogen-bond acceptors (Lipinski definition) is 5. The summed E-state index contributed by atoms with van der Waals surface area (Å²) in [5.41, 5.74) is 0.294. The fourth-order valence-corrected chi connectivity index (χ4v) is 0.952. The van der Waals surface area contributed by atoms with E-state index in [1.54, 1.807) is 0 Å². The van der Waals surface area contributed by atoms with Crippen molar-refractivity contribution >= 4 is 0 Å². The summed E-state index contributed by atoms with van der Waals surface area (Å²) in [6, 6.07) is 2.34. The van der Waals surface area contributed by atoms with E-state index in [1.165, 1.54) is 12.4 Å². The molecule has 0 amide bonds. The number of ether oxygens (including phenoxy) is 1. The largest absolute Gasteiger partial charge is 0.475 e. The molecule has 5 heteroatoms. The van der Waals surface area contributed by atoms with E-state index in [9.17, 15) is 0 Å². The van der Waals surface area contributed by atoms with E-state index in [-0.39, 0.29) is 0 Å². The van der Waals surface area contributed by atoms with Crippen molar-refractivity contribution < 1.29 is 4.74 Å². The Balaban J connectivity index is 2.29. The van der Waals surface area contributed by atoms with Gasteiger partial charge in [0.25, 0.3) is 0 Å². The Morgan fingerprint density at radius 3 is 2.80 bits per heavy atom. The first-order chi connectivity index (χ1) is 7.22. The lowest BCUT2D eigenvalue weighted by molar-refractivity contribution is 0.296. The fraction of sp³-hybridized carbons (Fsp3) is 0.500. The molecule has 1 rings (SSSR count). The molecule has 1 heterocycles. The minimum absolute atomic E-state index is 0.294. The summed E-state index contributed by atoms with van der Waals surface area (Å²) in [4.78, 5) is 7.77. The zero-order valence-electron chi connectivity index (χ0n) is 8.90. The summed E-state index contributed by atoms with van der Waals surface area (Å²) >= 11 is 0. The highest BCUT2D eigenvalue weighted by Crippen LogP contribution is 2.02. The van der Waals surface area contributed by atoms with Crippen LogP contribution in [0.25, 0.3) is 0 Å². The summed E-state index contributed by atoms with van der Waals surface area (Å²) in [5.74, 6) is 0.444. The molecule has 0 saturated heterocycles. The van der Waals surface area contributed by atoms with Crippen LogP contribution in [0.15, 0.2) is 12.4 Å². The summed E-state index contributed by atoms with van der Waals surface area (Å²) < 4.78 is 5.31. The van der Waals surface area contributed by atoms with Gasteiger partial charge in [-0.3, -0.25) is 0 Å². The molecule has 0 spiro atoms. The Hall–Kier alpha value is -1.67. The van der Waals surface area contributed by atoms with Gasteiger partial charge in [0.1, 0.15) is 12.7 Å².